The van der Waals surface area contributed by atoms with Gasteiger partial charge in [-0.05, 0) is 29.8 Å². The van der Waals surface area contributed by atoms with E-state index in [1.54, 1.807) is 30.3 Å². The third-order valence-electron chi connectivity index (χ3n) is 4.98. The number of carbonyl (C=O) groups is 1. The van der Waals surface area contributed by atoms with Gasteiger partial charge in [-0.2, -0.15) is 18.3 Å². The van der Waals surface area contributed by atoms with Crippen molar-refractivity contribution < 1.29 is 18.0 Å². The normalized spacial score (nSPS) is 18.1. The quantitative estimate of drug-likeness (QED) is 0.344. The molecule has 4 rings (SSSR count). The molecule has 0 saturated heterocycles. The number of halogens is 7. The Balaban J connectivity index is 1.71. The van der Waals surface area contributed by atoms with Crippen molar-refractivity contribution in [3.05, 3.63) is 73.3 Å². The summed E-state index contributed by atoms with van der Waals surface area (Å²) in [6.07, 6.45) is -4.93. The van der Waals surface area contributed by atoms with E-state index in [9.17, 15) is 18.0 Å². The van der Waals surface area contributed by atoms with Crippen molar-refractivity contribution in [1.82, 2.24) is 9.78 Å². The first-order valence-corrected chi connectivity index (χ1v) is 11.1. The molecule has 0 spiro atoms. The van der Waals surface area contributed by atoms with Crippen LogP contribution in [-0.2, 0) is 0 Å². The largest absolute Gasteiger partial charge is 0.410 e. The summed E-state index contributed by atoms with van der Waals surface area (Å²) in [6, 6.07) is 8.83. The summed E-state index contributed by atoms with van der Waals surface area (Å²) in [5.41, 5.74) is 0.456. The van der Waals surface area contributed by atoms with Crippen LogP contribution in [0.15, 0.2) is 46.9 Å². The lowest BCUT2D eigenvalue weighted by molar-refractivity contribution is -0.173. The molecule has 1 aliphatic rings. The zero-order chi connectivity index (χ0) is 23.2. The predicted octanol–water partition coefficient (Wildman–Crippen LogP) is 7.52. The molecule has 32 heavy (non-hydrogen) atoms. The van der Waals surface area contributed by atoms with E-state index < -0.39 is 24.2 Å². The Morgan fingerprint density at radius 1 is 1.12 bits per heavy atom. The van der Waals surface area contributed by atoms with Crippen LogP contribution >= 0.6 is 50.7 Å². The number of aromatic nitrogens is 2. The minimum Gasteiger partial charge on any atom is -0.362 e. The number of carbonyl (C=O) groups excluding carboxylic acids is 1. The van der Waals surface area contributed by atoms with Gasteiger partial charge in [0.1, 0.15) is 10.8 Å². The van der Waals surface area contributed by atoms with E-state index >= 15 is 0 Å². The summed E-state index contributed by atoms with van der Waals surface area (Å²) < 4.78 is 43.2. The highest BCUT2D eigenvalue weighted by atomic mass is 79.9. The van der Waals surface area contributed by atoms with Crippen LogP contribution in [0.1, 0.15) is 34.6 Å². The molecule has 2 atom stereocenters. The number of hydrogen-bond donors (Lipinski definition) is 2. The van der Waals surface area contributed by atoms with Crippen LogP contribution in [0.5, 0.6) is 0 Å². The molecule has 5 nitrogen and oxygen atoms in total. The van der Waals surface area contributed by atoms with Gasteiger partial charge in [0.25, 0.3) is 5.91 Å². The highest BCUT2D eigenvalue weighted by Crippen LogP contribution is 2.46. The van der Waals surface area contributed by atoms with Crippen LogP contribution in [0, 0.1) is 0 Å². The van der Waals surface area contributed by atoms with Crippen LogP contribution < -0.4 is 10.6 Å². The number of rotatable bonds is 3. The molecule has 1 amide bonds. The molecular weight excluding hydrogens is 556 g/mol. The number of benzene rings is 2. The van der Waals surface area contributed by atoms with Gasteiger partial charge in [-0.15, -0.1) is 0 Å². The average Bonchev–Trinajstić information content (AvgIpc) is 3.07. The van der Waals surface area contributed by atoms with Gasteiger partial charge in [0.2, 0.25) is 0 Å². The zero-order valence-corrected chi connectivity index (χ0v) is 19.7. The second-order valence-electron chi connectivity index (χ2n) is 7.05. The molecule has 2 heterocycles. The minimum absolute atomic E-state index is 0.0872. The summed E-state index contributed by atoms with van der Waals surface area (Å²) in [5.74, 6) is -0.903. The van der Waals surface area contributed by atoms with E-state index in [1.165, 1.54) is 12.1 Å². The number of nitrogens with zero attached hydrogens (tertiary/aromatic N) is 2. The summed E-state index contributed by atoms with van der Waals surface area (Å²) in [4.78, 5) is 12.8. The van der Waals surface area contributed by atoms with Crippen molar-refractivity contribution in [1.29, 1.82) is 0 Å². The Morgan fingerprint density at radius 3 is 2.47 bits per heavy atom. The van der Waals surface area contributed by atoms with Crippen LogP contribution in [-0.4, -0.2) is 21.9 Å². The van der Waals surface area contributed by atoms with Crippen LogP contribution in [0.4, 0.5) is 24.7 Å². The molecule has 12 heteroatoms. The van der Waals surface area contributed by atoms with Gasteiger partial charge in [0.05, 0.1) is 21.8 Å². The second-order valence-corrected chi connectivity index (χ2v) is 9.13. The van der Waals surface area contributed by atoms with E-state index in [1.807, 2.05) is 0 Å². The van der Waals surface area contributed by atoms with Gasteiger partial charge < -0.3 is 10.6 Å². The Kier molecular flexibility index (Phi) is 6.37. The standard InChI is InChI=1S/C20H13BrCl3F3N4O/c21-10-6-4-9(5-7-10)13-8-14(20(25,26)27)31-18(28-13)16(24)17(30-31)19(32)29-12-3-1-2-11(22)15(12)23/h1-7,13-14,28H,8H2,(H,29,32)/t13-,14-/m0/s1. The van der Waals surface area contributed by atoms with Crippen molar-refractivity contribution >= 4 is 68.1 Å². The SMILES string of the molecule is O=C(Nc1cccc(Cl)c1Cl)c1nn2c(c1Cl)N[C@H](c1ccc(Br)cc1)C[C@H]2C(F)(F)F. The Bertz CT molecular complexity index is 1180. The number of amides is 1. The fraction of sp³-hybridized carbons (Fsp3) is 0.200. The molecule has 3 aromatic rings. The van der Waals surface area contributed by atoms with Crippen molar-refractivity contribution in [2.24, 2.45) is 0 Å². The van der Waals surface area contributed by atoms with E-state index in [0.29, 0.717) is 10.2 Å². The van der Waals surface area contributed by atoms with Crippen molar-refractivity contribution in [3.63, 3.8) is 0 Å². The first-order valence-electron chi connectivity index (χ1n) is 9.18. The number of anilines is 2. The van der Waals surface area contributed by atoms with Crippen LogP contribution in [0.2, 0.25) is 15.1 Å². The van der Waals surface area contributed by atoms with Gasteiger partial charge in [0.15, 0.2) is 11.7 Å². The maximum absolute atomic E-state index is 13.9. The molecule has 1 aromatic heterocycles. The highest BCUT2D eigenvalue weighted by Gasteiger charge is 2.47. The predicted molar refractivity (Wildman–Crippen MR) is 122 cm³/mol. The smallest absolute Gasteiger partial charge is 0.362 e. The van der Waals surface area contributed by atoms with Crippen molar-refractivity contribution in [2.45, 2.75) is 24.7 Å². The molecule has 0 radical (unpaired) electrons. The fourth-order valence-corrected chi connectivity index (χ4v) is 4.31. The topological polar surface area (TPSA) is 59.0 Å². The molecule has 0 bridgehead atoms. The summed E-state index contributed by atoms with van der Waals surface area (Å²) in [6.45, 7) is 0. The van der Waals surface area contributed by atoms with E-state index in [2.05, 4.69) is 31.7 Å². The van der Waals surface area contributed by atoms with Crippen molar-refractivity contribution in [3.8, 4) is 0 Å². The molecule has 2 N–H and O–H groups in total. The molecule has 168 valence electrons. The minimum atomic E-state index is -4.61. The number of fused-ring (bicyclic) bond motifs is 1. The van der Waals surface area contributed by atoms with Gasteiger partial charge in [-0.3, -0.25) is 4.79 Å². The summed E-state index contributed by atoms with van der Waals surface area (Å²) >= 11 is 21.7. The van der Waals surface area contributed by atoms with Gasteiger partial charge >= 0.3 is 6.18 Å². The lowest BCUT2D eigenvalue weighted by atomic mass is 9.97. The maximum atomic E-state index is 13.9. The average molecular weight is 569 g/mol. The summed E-state index contributed by atoms with van der Waals surface area (Å²) in [5, 5.41) is 9.44. The third kappa shape index (κ3) is 4.44. The maximum Gasteiger partial charge on any atom is 0.410 e. The molecule has 2 aromatic carbocycles. The van der Waals surface area contributed by atoms with Crippen molar-refractivity contribution in [2.75, 3.05) is 10.6 Å². The molecule has 0 aliphatic carbocycles. The van der Waals surface area contributed by atoms with E-state index in [0.717, 1.165) is 4.47 Å². The zero-order valence-electron chi connectivity index (χ0n) is 15.9. The molecule has 1 aliphatic heterocycles. The number of hydrogen-bond acceptors (Lipinski definition) is 3. The second kappa shape index (κ2) is 8.78. The van der Waals surface area contributed by atoms with Crippen LogP contribution in [0.25, 0.3) is 0 Å². The van der Waals surface area contributed by atoms with Gasteiger partial charge in [-0.25, -0.2) is 4.68 Å². The number of alkyl halides is 3. The molecule has 0 saturated carbocycles. The Hall–Kier alpha value is -1.94. The molecule has 0 unspecified atom stereocenters. The Morgan fingerprint density at radius 2 is 1.81 bits per heavy atom. The van der Waals surface area contributed by atoms with Gasteiger partial charge in [0, 0.05) is 10.9 Å². The van der Waals surface area contributed by atoms with E-state index in [4.69, 9.17) is 34.8 Å². The highest BCUT2D eigenvalue weighted by molar-refractivity contribution is 9.10. The molecular formula is C20H13BrCl3F3N4O. The lowest BCUT2D eigenvalue weighted by Crippen LogP contribution is -2.35. The lowest BCUT2D eigenvalue weighted by Gasteiger charge is -2.33. The number of nitrogens with one attached hydrogen (secondary N) is 2. The molecule has 0 fully saturated rings. The fourth-order valence-electron chi connectivity index (χ4n) is 3.43. The third-order valence-corrected chi connectivity index (χ3v) is 6.69. The monoisotopic (exact) mass is 566 g/mol. The Labute approximate surface area is 204 Å². The van der Waals surface area contributed by atoms with Gasteiger partial charge in [-0.1, -0.05) is 68.9 Å². The summed E-state index contributed by atoms with van der Waals surface area (Å²) in [7, 11) is 0. The first-order chi connectivity index (χ1) is 15.1. The van der Waals surface area contributed by atoms with Crippen LogP contribution in [0.3, 0.4) is 0 Å². The first kappa shape index (κ1) is 23.2. The van der Waals surface area contributed by atoms with E-state index in [-0.39, 0.29) is 38.7 Å².